The number of aromatic nitrogens is 2. The van der Waals surface area contributed by atoms with Crippen LogP contribution in [0.3, 0.4) is 0 Å². The van der Waals surface area contributed by atoms with E-state index in [1.165, 1.54) is 14.2 Å². The number of alkyl halides is 3. The molecule has 148 valence electrons. The lowest BCUT2D eigenvalue weighted by Crippen LogP contribution is -2.21. The Morgan fingerprint density at radius 3 is 2.48 bits per heavy atom. The summed E-state index contributed by atoms with van der Waals surface area (Å²) in [6.07, 6.45) is -3.84. The monoisotopic (exact) mass is 384 g/mol. The Labute approximate surface area is 156 Å². The first kappa shape index (κ1) is 20.8. The Morgan fingerprint density at radius 1 is 1.30 bits per heavy atom. The van der Waals surface area contributed by atoms with Gasteiger partial charge in [-0.15, -0.1) is 0 Å². The Balaban J connectivity index is 2.51. The minimum atomic E-state index is -4.25. The highest BCUT2D eigenvalue weighted by molar-refractivity contribution is 5.88. The summed E-state index contributed by atoms with van der Waals surface area (Å²) >= 11 is 0. The van der Waals surface area contributed by atoms with Crippen molar-refractivity contribution in [1.29, 1.82) is 0 Å². The van der Waals surface area contributed by atoms with E-state index in [-0.39, 0.29) is 12.1 Å². The fourth-order valence-corrected chi connectivity index (χ4v) is 2.91. The van der Waals surface area contributed by atoms with E-state index in [1.54, 1.807) is 29.7 Å². The Kier molecular flexibility index (Phi) is 6.18. The van der Waals surface area contributed by atoms with Crippen molar-refractivity contribution in [2.75, 3.05) is 14.2 Å². The number of imidazole rings is 1. The maximum absolute atomic E-state index is 12.8. The first-order chi connectivity index (χ1) is 12.6. The molecule has 0 spiro atoms. The zero-order chi connectivity index (χ0) is 20.4. The number of halogens is 3. The number of rotatable bonds is 6. The smallest absolute Gasteiger partial charge is 0.391 e. The average Bonchev–Trinajstić information content (AvgIpc) is 2.96. The molecule has 0 aliphatic rings. The van der Waals surface area contributed by atoms with Crippen LogP contribution in [0, 0.1) is 12.8 Å². The van der Waals surface area contributed by atoms with Crippen LogP contribution in [0.5, 0.6) is 5.75 Å². The molecule has 1 aromatic carbocycles. The molecule has 5 nitrogen and oxygen atoms in total. The number of benzene rings is 1. The second kappa shape index (κ2) is 8.02. The van der Waals surface area contributed by atoms with Gasteiger partial charge in [-0.2, -0.15) is 13.2 Å². The van der Waals surface area contributed by atoms with Crippen LogP contribution in [0.2, 0.25) is 0 Å². The van der Waals surface area contributed by atoms with Gasteiger partial charge in [-0.1, -0.05) is 19.9 Å². The molecule has 2 aromatic rings. The number of aryl methyl sites for hydroxylation is 1. The quantitative estimate of drug-likeness (QED) is 0.698. The highest BCUT2D eigenvalue weighted by Gasteiger charge is 2.35. The van der Waals surface area contributed by atoms with E-state index < -0.39 is 18.1 Å². The highest BCUT2D eigenvalue weighted by atomic mass is 19.4. The lowest BCUT2D eigenvalue weighted by Gasteiger charge is -2.18. The highest BCUT2D eigenvalue weighted by Crippen LogP contribution is 2.32. The largest absolute Gasteiger partial charge is 0.495 e. The minimum Gasteiger partial charge on any atom is -0.495 e. The molecule has 0 saturated heterocycles. The van der Waals surface area contributed by atoms with Crippen molar-refractivity contribution < 1.29 is 27.4 Å². The molecule has 0 bridgehead atoms. The van der Waals surface area contributed by atoms with E-state index in [0.29, 0.717) is 34.9 Å². The van der Waals surface area contributed by atoms with Crippen molar-refractivity contribution in [3.05, 3.63) is 41.0 Å². The van der Waals surface area contributed by atoms with Crippen molar-refractivity contribution in [3.63, 3.8) is 0 Å². The fraction of sp³-hybridized carbons (Fsp3) is 0.474. The zero-order valence-electron chi connectivity index (χ0n) is 16.0. The Bertz CT molecular complexity index is 828. The third-order valence-corrected chi connectivity index (χ3v) is 4.46. The van der Waals surface area contributed by atoms with Crippen LogP contribution >= 0.6 is 0 Å². The van der Waals surface area contributed by atoms with Crippen LogP contribution in [0.1, 0.15) is 41.4 Å². The number of hydrogen-bond acceptors (Lipinski definition) is 4. The van der Waals surface area contributed by atoms with Gasteiger partial charge in [-0.05, 0) is 31.0 Å². The molecule has 0 amide bonds. The van der Waals surface area contributed by atoms with Gasteiger partial charge in [0.05, 0.1) is 31.5 Å². The number of esters is 1. The summed E-state index contributed by atoms with van der Waals surface area (Å²) in [5.74, 6) is -0.966. The van der Waals surface area contributed by atoms with E-state index in [9.17, 15) is 18.0 Å². The molecule has 1 aromatic heterocycles. The van der Waals surface area contributed by atoms with Crippen molar-refractivity contribution >= 4 is 5.97 Å². The van der Waals surface area contributed by atoms with Gasteiger partial charge in [0, 0.05) is 6.42 Å². The zero-order valence-corrected chi connectivity index (χ0v) is 16.0. The first-order valence-corrected chi connectivity index (χ1v) is 8.54. The molecule has 27 heavy (non-hydrogen) atoms. The number of methoxy groups -OCH3 is 2. The van der Waals surface area contributed by atoms with Crippen LogP contribution in [0.25, 0.3) is 5.69 Å². The second-order valence-corrected chi connectivity index (χ2v) is 6.30. The molecular weight excluding hydrogens is 361 g/mol. The lowest BCUT2D eigenvalue weighted by molar-refractivity contribution is -0.169. The molecule has 0 saturated carbocycles. The molecule has 0 aliphatic carbocycles. The van der Waals surface area contributed by atoms with Gasteiger partial charge in [-0.25, -0.2) is 9.78 Å². The number of nitrogens with zero attached hydrogens (tertiary/aromatic N) is 2. The number of ether oxygens (including phenoxy) is 2. The van der Waals surface area contributed by atoms with E-state index >= 15 is 0 Å². The maximum Gasteiger partial charge on any atom is 0.391 e. The van der Waals surface area contributed by atoms with Crippen molar-refractivity contribution in [2.24, 2.45) is 5.92 Å². The molecule has 0 N–H and O–H groups in total. The normalized spacial score (nSPS) is 12.7. The summed E-state index contributed by atoms with van der Waals surface area (Å²) in [6, 6.07) is 4.91. The SMILES string of the molecule is CCc1nc(C(=O)OC)c(C)n1-c1ccc(CC(C)C(F)(F)F)cc1OC. The van der Waals surface area contributed by atoms with Gasteiger partial charge in [0.1, 0.15) is 11.6 Å². The predicted molar refractivity (Wildman–Crippen MR) is 94.5 cm³/mol. The standard InChI is InChI=1S/C19H23F3N2O3/c1-6-16-23-17(18(25)27-5)12(3)24(16)14-8-7-13(10-15(14)26-4)9-11(2)19(20,21)22/h7-8,10-11H,6,9H2,1-5H3. The van der Waals surface area contributed by atoms with Crippen LogP contribution in [-0.4, -0.2) is 35.9 Å². The molecular formula is C19H23F3N2O3. The van der Waals surface area contributed by atoms with Crippen LogP contribution in [-0.2, 0) is 17.6 Å². The maximum atomic E-state index is 12.8. The average molecular weight is 384 g/mol. The molecule has 8 heteroatoms. The summed E-state index contributed by atoms with van der Waals surface area (Å²) in [5, 5.41) is 0. The van der Waals surface area contributed by atoms with E-state index in [4.69, 9.17) is 9.47 Å². The van der Waals surface area contributed by atoms with Gasteiger partial charge in [0.15, 0.2) is 5.69 Å². The van der Waals surface area contributed by atoms with Gasteiger partial charge < -0.3 is 9.47 Å². The van der Waals surface area contributed by atoms with Crippen LogP contribution in [0.4, 0.5) is 13.2 Å². The third kappa shape index (κ3) is 4.26. The number of carbonyl (C=O) groups excluding carboxylic acids is 1. The summed E-state index contributed by atoms with van der Waals surface area (Å²) in [5.41, 5.74) is 1.90. The molecule has 2 rings (SSSR count). The Hall–Kier alpha value is -2.51. The third-order valence-electron chi connectivity index (χ3n) is 4.46. The summed E-state index contributed by atoms with van der Waals surface area (Å²) in [7, 11) is 2.73. The van der Waals surface area contributed by atoms with Crippen molar-refractivity contribution in [3.8, 4) is 11.4 Å². The van der Waals surface area contributed by atoms with E-state index in [2.05, 4.69) is 4.98 Å². The number of carbonyl (C=O) groups is 1. The van der Waals surface area contributed by atoms with Crippen molar-refractivity contribution in [1.82, 2.24) is 9.55 Å². The molecule has 1 heterocycles. The van der Waals surface area contributed by atoms with Gasteiger partial charge in [0.25, 0.3) is 0 Å². The fourth-order valence-electron chi connectivity index (χ4n) is 2.91. The molecule has 1 atom stereocenters. The minimum absolute atomic E-state index is 0.142. The summed E-state index contributed by atoms with van der Waals surface area (Å²) < 4.78 is 50.5. The lowest BCUT2D eigenvalue weighted by atomic mass is 10.00. The molecule has 0 fully saturated rings. The summed E-state index contributed by atoms with van der Waals surface area (Å²) in [4.78, 5) is 16.3. The molecule has 0 aliphatic heterocycles. The molecule has 1 unspecified atom stereocenters. The van der Waals surface area contributed by atoms with E-state index in [1.807, 2.05) is 6.92 Å². The predicted octanol–water partition coefficient (Wildman–Crippen LogP) is 4.28. The number of hydrogen-bond donors (Lipinski definition) is 0. The summed E-state index contributed by atoms with van der Waals surface area (Å²) in [6.45, 7) is 4.78. The first-order valence-electron chi connectivity index (χ1n) is 8.54. The Morgan fingerprint density at radius 2 is 1.96 bits per heavy atom. The van der Waals surface area contributed by atoms with Gasteiger partial charge in [-0.3, -0.25) is 4.57 Å². The van der Waals surface area contributed by atoms with Gasteiger partial charge in [0.2, 0.25) is 0 Å². The van der Waals surface area contributed by atoms with Crippen LogP contribution < -0.4 is 4.74 Å². The van der Waals surface area contributed by atoms with Crippen molar-refractivity contribution in [2.45, 2.75) is 39.8 Å². The van der Waals surface area contributed by atoms with Gasteiger partial charge >= 0.3 is 12.1 Å². The van der Waals surface area contributed by atoms with E-state index in [0.717, 1.165) is 6.92 Å². The molecule has 0 radical (unpaired) electrons. The van der Waals surface area contributed by atoms with Crippen LogP contribution in [0.15, 0.2) is 18.2 Å². The second-order valence-electron chi connectivity index (χ2n) is 6.30. The topological polar surface area (TPSA) is 53.3 Å².